The first kappa shape index (κ1) is 24.8. The number of rotatable bonds is 8. The fourth-order valence-electron chi connectivity index (χ4n) is 3.74. The summed E-state index contributed by atoms with van der Waals surface area (Å²) in [6, 6.07) is 19.3. The van der Waals surface area contributed by atoms with Crippen LogP contribution in [0.3, 0.4) is 0 Å². The first-order valence-electron chi connectivity index (χ1n) is 11.1. The number of sulfonamides is 1. The molecule has 0 aliphatic carbocycles. The van der Waals surface area contributed by atoms with E-state index in [-0.39, 0.29) is 17.3 Å². The number of hydrogen-bond donors (Lipinski definition) is 1. The molecule has 5 rings (SSSR count). The Hall–Kier alpha value is -2.83. The summed E-state index contributed by atoms with van der Waals surface area (Å²) in [5.41, 5.74) is 2.99. The second kappa shape index (κ2) is 10.3. The first-order chi connectivity index (χ1) is 17.4. The molecule has 1 N–H and O–H groups in total. The first-order valence-corrected chi connectivity index (χ1v) is 15.4. The average molecular weight is 555 g/mol. The smallest absolute Gasteiger partial charge is 0.257 e. The lowest BCUT2D eigenvalue weighted by molar-refractivity contribution is 0.102. The highest BCUT2D eigenvalue weighted by Gasteiger charge is 2.24. The van der Waals surface area contributed by atoms with Gasteiger partial charge in [-0.25, -0.2) is 18.4 Å². The molecule has 184 valence electrons. The van der Waals surface area contributed by atoms with Crippen molar-refractivity contribution >= 4 is 75.9 Å². The minimum Gasteiger partial charge on any atom is -0.298 e. The van der Waals surface area contributed by atoms with E-state index in [1.807, 2.05) is 55.6 Å². The van der Waals surface area contributed by atoms with Crippen molar-refractivity contribution < 1.29 is 13.2 Å². The number of nitrogens with zero attached hydrogens (tertiary/aromatic N) is 3. The van der Waals surface area contributed by atoms with Gasteiger partial charge in [0.25, 0.3) is 5.91 Å². The van der Waals surface area contributed by atoms with Gasteiger partial charge >= 0.3 is 0 Å². The van der Waals surface area contributed by atoms with Crippen molar-refractivity contribution in [2.24, 2.45) is 0 Å². The van der Waals surface area contributed by atoms with Gasteiger partial charge in [0.2, 0.25) is 10.0 Å². The molecule has 2 heterocycles. The maximum absolute atomic E-state index is 13.2. The predicted octanol–water partition coefficient (Wildman–Crippen LogP) is 6.09. The second-order valence-electron chi connectivity index (χ2n) is 7.86. The minimum absolute atomic E-state index is 0.147. The van der Waals surface area contributed by atoms with E-state index in [2.05, 4.69) is 15.3 Å². The van der Waals surface area contributed by atoms with Crippen molar-refractivity contribution in [2.75, 3.05) is 18.1 Å². The summed E-state index contributed by atoms with van der Waals surface area (Å²) in [4.78, 5) is 22.2. The fraction of sp³-hybridized carbons (Fsp3) is 0.160. The van der Waals surface area contributed by atoms with Gasteiger partial charge in [-0.15, -0.1) is 11.3 Å². The Morgan fingerprint density at radius 2 is 1.61 bits per heavy atom. The van der Waals surface area contributed by atoms with Crippen LogP contribution in [0.25, 0.3) is 20.4 Å². The lowest BCUT2D eigenvalue weighted by Crippen LogP contribution is -2.30. The normalized spacial score (nSPS) is 12.0. The van der Waals surface area contributed by atoms with E-state index in [1.54, 1.807) is 23.1 Å². The van der Waals surface area contributed by atoms with Gasteiger partial charge in [-0.05, 0) is 48.2 Å². The zero-order valence-electron chi connectivity index (χ0n) is 19.5. The van der Waals surface area contributed by atoms with Crippen LogP contribution >= 0.6 is 34.4 Å². The van der Waals surface area contributed by atoms with E-state index < -0.39 is 10.0 Å². The molecule has 0 aliphatic heterocycles. The number of hydrogen-bond acceptors (Lipinski definition) is 8. The lowest BCUT2D eigenvalue weighted by atomic mass is 10.2. The molecule has 36 heavy (non-hydrogen) atoms. The molecule has 0 saturated carbocycles. The molecule has 0 spiro atoms. The molecule has 0 atom stereocenters. The van der Waals surface area contributed by atoms with Crippen LogP contribution in [0, 0.1) is 0 Å². The largest absolute Gasteiger partial charge is 0.298 e. The van der Waals surface area contributed by atoms with Crippen molar-refractivity contribution in [3.8, 4) is 0 Å². The maximum Gasteiger partial charge on any atom is 0.257 e. The topological polar surface area (TPSA) is 92.3 Å². The molecule has 1 amide bonds. The second-order valence-corrected chi connectivity index (χ2v) is 12.8. The monoisotopic (exact) mass is 554 g/mol. The number of carbonyl (C=O) groups is 1. The van der Waals surface area contributed by atoms with E-state index in [4.69, 9.17) is 0 Å². The van der Waals surface area contributed by atoms with Crippen LogP contribution in [-0.4, -0.2) is 41.4 Å². The molecule has 0 saturated heterocycles. The summed E-state index contributed by atoms with van der Waals surface area (Å²) >= 11 is 4.62. The number of thiazole rings is 2. The maximum atomic E-state index is 13.2. The number of thioether (sulfide) groups is 1. The average Bonchev–Trinajstić information content (AvgIpc) is 3.51. The third kappa shape index (κ3) is 4.89. The molecule has 0 unspecified atom stereocenters. The van der Waals surface area contributed by atoms with Gasteiger partial charge in [0.05, 0.1) is 25.3 Å². The molecule has 0 bridgehead atoms. The number of benzene rings is 3. The molecule has 7 nitrogen and oxygen atoms in total. The van der Waals surface area contributed by atoms with Crippen LogP contribution in [0.15, 0.2) is 76.0 Å². The van der Waals surface area contributed by atoms with Gasteiger partial charge in [-0.2, -0.15) is 4.31 Å². The van der Waals surface area contributed by atoms with Crippen LogP contribution in [-0.2, 0) is 16.6 Å². The van der Waals surface area contributed by atoms with E-state index in [9.17, 15) is 13.2 Å². The van der Waals surface area contributed by atoms with E-state index in [0.717, 1.165) is 30.3 Å². The summed E-state index contributed by atoms with van der Waals surface area (Å²) in [5.74, 6) is -0.347. The molecule has 3 aromatic carbocycles. The van der Waals surface area contributed by atoms with Crippen molar-refractivity contribution in [1.29, 1.82) is 0 Å². The van der Waals surface area contributed by atoms with Gasteiger partial charge in [0.1, 0.15) is 0 Å². The third-order valence-electron chi connectivity index (χ3n) is 5.60. The zero-order valence-corrected chi connectivity index (χ0v) is 22.7. The Morgan fingerprint density at radius 1 is 0.944 bits per heavy atom. The quantitative estimate of drug-likeness (QED) is 0.233. The molecule has 5 aromatic rings. The minimum atomic E-state index is -3.70. The number of anilines is 1. The Bertz CT molecular complexity index is 1650. The molecular weight excluding hydrogens is 533 g/mol. The SMILES string of the molecule is CCN(Cc1ccccc1)S(=O)(=O)c1ccc(C(=O)Nc2nc3ccc4nc(SC)sc4c3s2)cc1. The van der Waals surface area contributed by atoms with Gasteiger partial charge in [-0.1, -0.05) is 60.4 Å². The molecule has 0 aliphatic rings. The van der Waals surface area contributed by atoms with Gasteiger partial charge in [0.15, 0.2) is 9.47 Å². The Labute approximate surface area is 221 Å². The highest BCUT2D eigenvalue weighted by molar-refractivity contribution is 8.00. The van der Waals surface area contributed by atoms with E-state index >= 15 is 0 Å². The van der Waals surface area contributed by atoms with Crippen molar-refractivity contribution in [3.63, 3.8) is 0 Å². The van der Waals surface area contributed by atoms with Crippen LogP contribution in [0.4, 0.5) is 5.13 Å². The van der Waals surface area contributed by atoms with Crippen LogP contribution < -0.4 is 5.32 Å². The van der Waals surface area contributed by atoms with Crippen molar-refractivity contribution in [1.82, 2.24) is 14.3 Å². The van der Waals surface area contributed by atoms with Gasteiger partial charge in [0, 0.05) is 18.7 Å². The van der Waals surface area contributed by atoms with Crippen LogP contribution in [0.1, 0.15) is 22.8 Å². The molecule has 0 fully saturated rings. The predicted molar refractivity (Wildman–Crippen MR) is 149 cm³/mol. The standard InChI is InChI=1S/C25H22N4O3S4/c1-3-29(15-16-7-5-4-6-8-16)36(31,32)18-11-9-17(10-12-18)23(30)28-24-26-19-13-14-20-22(21(19)34-24)35-25(27-20)33-2/h4-14H,3,15H2,1-2H3,(H,26,28,30). The molecular formula is C25H22N4O3S4. The number of fused-ring (bicyclic) bond motifs is 3. The summed E-state index contributed by atoms with van der Waals surface area (Å²) in [6.07, 6.45) is 1.99. The van der Waals surface area contributed by atoms with Crippen molar-refractivity contribution in [2.45, 2.75) is 22.7 Å². The molecule has 11 heteroatoms. The fourth-order valence-corrected chi connectivity index (χ4v) is 7.83. The van der Waals surface area contributed by atoms with E-state index in [1.165, 1.54) is 39.9 Å². The van der Waals surface area contributed by atoms with Gasteiger partial charge in [-0.3, -0.25) is 10.1 Å². The zero-order chi connectivity index (χ0) is 25.3. The van der Waals surface area contributed by atoms with Crippen LogP contribution in [0.5, 0.6) is 0 Å². The highest BCUT2D eigenvalue weighted by Crippen LogP contribution is 2.38. The Morgan fingerprint density at radius 3 is 2.28 bits per heavy atom. The van der Waals surface area contributed by atoms with E-state index in [0.29, 0.717) is 17.2 Å². The Kier molecular flexibility index (Phi) is 7.09. The lowest BCUT2D eigenvalue weighted by Gasteiger charge is -2.20. The number of amides is 1. The third-order valence-corrected chi connectivity index (χ3v) is 10.7. The Balaban J connectivity index is 1.34. The van der Waals surface area contributed by atoms with Crippen LogP contribution in [0.2, 0.25) is 0 Å². The summed E-state index contributed by atoms with van der Waals surface area (Å²) in [5, 5.41) is 3.33. The summed E-state index contributed by atoms with van der Waals surface area (Å²) in [6.45, 7) is 2.43. The summed E-state index contributed by atoms with van der Waals surface area (Å²) in [7, 11) is -3.70. The molecule has 2 aromatic heterocycles. The number of carbonyl (C=O) groups excluding carboxylic acids is 1. The highest BCUT2D eigenvalue weighted by atomic mass is 32.2. The van der Waals surface area contributed by atoms with Crippen molar-refractivity contribution in [3.05, 3.63) is 77.9 Å². The van der Waals surface area contributed by atoms with Gasteiger partial charge < -0.3 is 0 Å². The molecule has 0 radical (unpaired) electrons. The summed E-state index contributed by atoms with van der Waals surface area (Å²) < 4.78 is 30.8. The number of nitrogens with one attached hydrogen (secondary N) is 1. The number of aromatic nitrogens is 2.